The Morgan fingerprint density at radius 3 is 2.56 bits per heavy atom. The summed E-state index contributed by atoms with van der Waals surface area (Å²) in [4.78, 5) is 4.97. The molecule has 3 aromatic carbocycles. The third-order valence-corrected chi connectivity index (χ3v) is 7.25. The lowest BCUT2D eigenvalue weighted by Crippen LogP contribution is -2.18. The molecule has 7 nitrogen and oxygen atoms in total. The summed E-state index contributed by atoms with van der Waals surface area (Å²) in [5.41, 5.74) is 3.60. The molecule has 0 spiro atoms. The van der Waals surface area contributed by atoms with E-state index in [4.69, 9.17) is 14.5 Å². The number of aryl methyl sites for hydroxylation is 3. The predicted molar refractivity (Wildman–Crippen MR) is 132 cm³/mol. The van der Waals surface area contributed by atoms with Crippen molar-refractivity contribution in [1.29, 1.82) is 0 Å². The number of nitrogens with zero attached hydrogens (tertiary/aromatic N) is 2. The molecule has 0 unspecified atom stereocenters. The Bertz CT molecular complexity index is 1430. The molecule has 0 aliphatic carbocycles. The second kappa shape index (κ2) is 9.38. The number of hydrogen-bond donors (Lipinski definition) is 1. The van der Waals surface area contributed by atoms with E-state index < -0.39 is 10.0 Å². The highest BCUT2D eigenvalue weighted by molar-refractivity contribution is 7.92. The lowest BCUT2D eigenvalue weighted by Gasteiger charge is -2.19. The number of hydrogen-bond acceptors (Lipinski definition) is 5. The topological polar surface area (TPSA) is 82.5 Å². The van der Waals surface area contributed by atoms with Gasteiger partial charge >= 0.3 is 0 Å². The number of rotatable bonds is 8. The van der Waals surface area contributed by atoms with Crippen LogP contribution in [0.25, 0.3) is 11.0 Å². The summed E-state index contributed by atoms with van der Waals surface area (Å²) >= 11 is 0. The van der Waals surface area contributed by atoms with E-state index in [0.29, 0.717) is 43.2 Å². The van der Waals surface area contributed by atoms with Crippen LogP contribution in [0.2, 0.25) is 0 Å². The number of fused-ring (bicyclic) bond motifs is 2. The molecule has 4 aromatic rings. The average molecular weight is 478 g/mol. The van der Waals surface area contributed by atoms with E-state index in [0.717, 1.165) is 35.4 Å². The second-order valence-corrected chi connectivity index (χ2v) is 9.92. The van der Waals surface area contributed by atoms with Crippen molar-refractivity contribution < 1.29 is 17.9 Å². The Labute approximate surface area is 199 Å². The van der Waals surface area contributed by atoms with Gasteiger partial charge in [0, 0.05) is 19.0 Å². The first-order valence-corrected chi connectivity index (χ1v) is 13.0. The van der Waals surface area contributed by atoms with Crippen LogP contribution < -0.4 is 14.2 Å². The fraction of sp³-hybridized carbons (Fsp3) is 0.269. The van der Waals surface area contributed by atoms with Gasteiger partial charge in [0.05, 0.1) is 21.6 Å². The van der Waals surface area contributed by atoms with Crippen molar-refractivity contribution in [3.8, 4) is 11.5 Å². The maximum absolute atomic E-state index is 13.1. The highest BCUT2D eigenvalue weighted by Gasteiger charge is 2.21. The van der Waals surface area contributed by atoms with Gasteiger partial charge in [0.25, 0.3) is 10.0 Å². The summed E-state index contributed by atoms with van der Waals surface area (Å²) in [5.74, 6) is 2.00. The van der Waals surface area contributed by atoms with E-state index in [-0.39, 0.29) is 4.90 Å². The van der Waals surface area contributed by atoms with Crippen LogP contribution in [0, 0.1) is 0 Å². The van der Waals surface area contributed by atoms with Crippen molar-refractivity contribution in [2.24, 2.45) is 0 Å². The SMILES string of the molecule is CCCn1c(CCc2ccccc2NS(=O)(=O)c2ccc3c(c2)OCCO3)nc2ccccc21. The van der Waals surface area contributed by atoms with E-state index in [9.17, 15) is 8.42 Å². The number of benzene rings is 3. The summed E-state index contributed by atoms with van der Waals surface area (Å²) in [5, 5.41) is 0. The van der Waals surface area contributed by atoms with Crippen molar-refractivity contribution in [2.45, 2.75) is 37.6 Å². The van der Waals surface area contributed by atoms with Crippen LogP contribution in [0.3, 0.4) is 0 Å². The molecule has 1 N–H and O–H groups in total. The first-order valence-electron chi connectivity index (χ1n) is 11.5. The third-order valence-electron chi connectivity index (χ3n) is 5.88. The Morgan fingerprint density at radius 1 is 0.941 bits per heavy atom. The molecule has 0 bridgehead atoms. The number of aromatic nitrogens is 2. The minimum absolute atomic E-state index is 0.135. The monoisotopic (exact) mass is 477 g/mol. The average Bonchev–Trinajstić information content (AvgIpc) is 3.20. The molecule has 8 heteroatoms. The van der Waals surface area contributed by atoms with Crippen molar-refractivity contribution in [1.82, 2.24) is 9.55 Å². The zero-order chi connectivity index (χ0) is 23.5. The fourth-order valence-corrected chi connectivity index (χ4v) is 5.38. The Balaban J connectivity index is 1.38. The van der Waals surface area contributed by atoms with Crippen LogP contribution >= 0.6 is 0 Å². The van der Waals surface area contributed by atoms with Gasteiger partial charge in [-0.1, -0.05) is 37.3 Å². The summed E-state index contributed by atoms with van der Waals surface area (Å²) in [6.07, 6.45) is 2.38. The van der Waals surface area contributed by atoms with Crippen LogP contribution in [-0.2, 0) is 29.4 Å². The van der Waals surface area contributed by atoms with E-state index >= 15 is 0 Å². The Hall–Kier alpha value is -3.52. The molecule has 2 heterocycles. The van der Waals surface area contributed by atoms with Crippen LogP contribution in [-0.4, -0.2) is 31.2 Å². The van der Waals surface area contributed by atoms with Crippen LogP contribution in [0.15, 0.2) is 71.6 Å². The molecule has 0 atom stereocenters. The van der Waals surface area contributed by atoms with Crippen molar-refractivity contribution in [3.63, 3.8) is 0 Å². The van der Waals surface area contributed by atoms with Crippen LogP contribution in [0.5, 0.6) is 11.5 Å². The van der Waals surface area contributed by atoms with Crippen molar-refractivity contribution >= 4 is 26.7 Å². The molecule has 1 aliphatic rings. The molecule has 176 valence electrons. The van der Waals surface area contributed by atoms with Gasteiger partial charge < -0.3 is 14.0 Å². The standard InChI is InChI=1S/C26H27N3O4S/c1-2-15-29-23-10-6-5-9-22(23)27-26(29)14-11-19-7-3-4-8-21(19)28-34(30,31)20-12-13-24-25(18-20)33-17-16-32-24/h3-10,12-13,18,28H,2,11,14-17H2,1H3. The number of sulfonamides is 1. The molecule has 0 amide bonds. The largest absolute Gasteiger partial charge is 0.486 e. The third kappa shape index (κ3) is 4.46. The molecule has 34 heavy (non-hydrogen) atoms. The predicted octanol–water partition coefficient (Wildman–Crippen LogP) is 4.80. The first kappa shape index (κ1) is 22.3. The Kier molecular flexibility index (Phi) is 6.15. The number of anilines is 1. The zero-order valence-electron chi connectivity index (χ0n) is 19.0. The Morgan fingerprint density at radius 2 is 1.71 bits per heavy atom. The molecule has 1 aromatic heterocycles. The second-order valence-electron chi connectivity index (χ2n) is 8.24. The van der Waals surface area contributed by atoms with Gasteiger partial charge in [-0.3, -0.25) is 4.72 Å². The maximum atomic E-state index is 13.1. The fourth-order valence-electron chi connectivity index (χ4n) is 4.27. The summed E-state index contributed by atoms with van der Waals surface area (Å²) in [6.45, 7) is 3.90. The molecular formula is C26H27N3O4S. The minimum atomic E-state index is -3.80. The molecule has 0 saturated carbocycles. The minimum Gasteiger partial charge on any atom is -0.486 e. The maximum Gasteiger partial charge on any atom is 0.262 e. The van der Waals surface area contributed by atoms with Crippen molar-refractivity contribution in [2.75, 3.05) is 17.9 Å². The smallest absolute Gasteiger partial charge is 0.262 e. The summed E-state index contributed by atoms with van der Waals surface area (Å²) in [7, 11) is -3.80. The van der Waals surface area contributed by atoms with Gasteiger partial charge in [-0.2, -0.15) is 0 Å². The van der Waals surface area contributed by atoms with E-state index in [1.54, 1.807) is 12.1 Å². The van der Waals surface area contributed by atoms with Crippen LogP contribution in [0.4, 0.5) is 5.69 Å². The van der Waals surface area contributed by atoms with E-state index in [2.05, 4.69) is 22.3 Å². The zero-order valence-corrected chi connectivity index (χ0v) is 19.8. The number of para-hydroxylation sites is 3. The normalized spacial score (nSPS) is 13.2. The van der Waals surface area contributed by atoms with Gasteiger partial charge in [-0.15, -0.1) is 0 Å². The highest BCUT2D eigenvalue weighted by atomic mass is 32.2. The summed E-state index contributed by atoms with van der Waals surface area (Å²) in [6, 6.07) is 20.3. The quantitative estimate of drug-likeness (QED) is 0.394. The highest BCUT2D eigenvalue weighted by Crippen LogP contribution is 2.33. The lowest BCUT2D eigenvalue weighted by atomic mass is 10.1. The molecule has 1 aliphatic heterocycles. The van der Waals surface area contributed by atoms with Crippen molar-refractivity contribution in [3.05, 3.63) is 78.1 Å². The molecule has 0 radical (unpaired) electrons. The van der Waals surface area contributed by atoms with Gasteiger partial charge in [0.2, 0.25) is 0 Å². The van der Waals surface area contributed by atoms with Crippen LogP contribution in [0.1, 0.15) is 24.7 Å². The molecule has 0 saturated heterocycles. The van der Waals surface area contributed by atoms with Gasteiger partial charge in [-0.25, -0.2) is 13.4 Å². The van der Waals surface area contributed by atoms with E-state index in [1.165, 1.54) is 12.1 Å². The molecular weight excluding hydrogens is 450 g/mol. The van der Waals surface area contributed by atoms with E-state index in [1.807, 2.05) is 36.4 Å². The lowest BCUT2D eigenvalue weighted by molar-refractivity contribution is 0.171. The summed E-state index contributed by atoms with van der Waals surface area (Å²) < 4.78 is 42.4. The van der Waals surface area contributed by atoms with Gasteiger partial charge in [0.1, 0.15) is 19.0 Å². The van der Waals surface area contributed by atoms with Gasteiger partial charge in [0.15, 0.2) is 11.5 Å². The number of nitrogens with one attached hydrogen (secondary N) is 1. The number of ether oxygens (including phenoxy) is 2. The van der Waals surface area contributed by atoms with Gasteiger partial charge in [-0.05, 0) is 48.7 Å². The molecule has 0 fully saturated rings. The molecule has 5 rings (SSSR count). The number of imidazole rings is 1. The first-order chi connectivity index (χ1) is 16.5.